The van der Waals surface area contributed by atoms with Crippen molar-refractivity contribution in [2.45, 2.75) is 38.9 Å². The van der Waals surface area contributed by atoms with Crippen LogP contribution in [0.4, 0.5) is 0 Å². The Morgan fingerprint density at radius 1 is 1.50 bits per heavy atom. The van der Waals surface area contributed by atoms with Gasteiger partial charge in [0.1, 0.15) is 5.75 Å². The zero-order chi connectivity index (χ0) is 15.3. The molecule has 0 heterocycles. The molecule has 1 N–H and O–H groups in total. The molecular formula is C15H22ClNO3. The van der Waals surface area contributed by atoms with Crippen LogP contribution in [-0.4, -0.2) is 41.2 Å². The van der Waals surface area contributed by atoms with Crippen LogP contribution in [0, 0.1) is 0 Å². The second-order valence-electron chi connectivity index (χ2n) is 5.43. The van der Waals surface area contributed by atoms with Crippen LogP contribution in [-0.2, 0) is 4.79 Å². The van der Waals surface area contributed by atoms with E-state index in [4.69, 9.17) is 16.3 Å². The largest absolute Gasteiger partial charge is 0.478 e. The SMILES string of the molecule is CC(O)CCN(C)C(=O)C(C)(C)Oc1cccc(Cl)c1. The molecule has 20 heavy (non-hydrogen) atoms. The van der Waals surface area contributed by atoms with Crippen LogP contribution < -0.4 is 4.74 Å². The van der Waals surface area contributed by atoms with Gasteiger partial charge in [0.05, 0.1) is 6.10 Å². The monoisotopic (exact) mass is 299 g/mol. The third kappa shape index (κ3) is 5.02. The first-order valence-corrected chi connectivity index (χ1v) is 6.98. The molecule has 0 spiro atoms. The summed E-state index contributed by atoms with van der Waals surface area (Å²) in [6.07, 6.45) is 0.109. The molecule has 1 atom stereocenters. The summed E-state index contributed by atoms with van der Waals surface area (Å²) in [6, 6.07) is 6.95. The first-order valence-electron chi connectivity index (χ1n) is 6.60. The van der Waals surface area contributed by atoms with E-state index in [2.05, 4.69) is 0 Å². The number of nitrogens with zero attached hydrogens (tertiary/aromatic N) is 1. The number of rotatable bonds is 6. The summed E-state index contributed by atoms with van der Waals surface area (Å²) < 4.78 is 5.73. The van der Waals surface area contributed by atoms with Gasteiger partial charge in [-0.15, -0.1) is 0 Å². The van der Waals surface area contributed by atoms with Crippen LogP contribution in [0.5, 0.6) is 5.75 Å². The van der Waals surface area contributed by atoms with Gasteiger partial charge in [-0.3, -0.25) is 4.79 Å². The van der Waals surface area contributed by atoms with Gasteiger partial charge in [0, 0.05) is 18.6 Å². The van der Waals surface area contributed by atoms with Crippen LogP contribution >= 0.6 is 11.6 Å². The smallest absolute Gasteiger partial charge is 0.265 e. The normalized spacial score (nSPS) is 12.9. The molecule has 0 aliphatic carbocycles. The Balaban J connectivity index is 2.69. The van der Waals surface area contributed by atoms with Gasteiger partial charge in [0.2, 0.25) is 0 Å². The summed E-state index contributed by atoms with van der Waals surface area (Å²) in [5, 5.41) is 9.83. The molecule has 1 unspecified atom stereocenters. The van der Waals surface area contributed by atoms with Crippen molar-refractivity contribution in [2.24, 2.45) is 0 Å². The lowest BCUT2D eigenvalue weighted by Gasteiger charge is -2.30. The number of carbonyl (C=O) groups excluding carboxylic acids is 1. The molecule has 0 radical (unpaired) electrons. The van der Waals surface area contributed by atoms with Gasteiger partial charge in [-0.05, 0) is 45.4 Å². The minimum Gasteiger partial charge on any atom is -0.478 e. The second-order valence-corrected chi connectivity index (χ2v) is 5.87. The third-order valence-corrected chi connectivity index (χ3v) is 3.15. The molecule has 0 saturated heterocycles. The van der Waals surface area contributed by atoms with Gasteiger partial charge in [0.15, 0.2) is 5.60 Å². The number of benzene rings is 1. The fraction of sp³-hybridized carbons (Fsp3) is 0.533. The van der Waals surface area contributed by atoms with Crippen LogP contribution in [0.3, 0.4) is 0 Å². The molecule has 0 aliphatic rings. The van der Waals surface area contributed by atoms with E-state index in [1.54, 1.807) is 57.0 Å². The Labute approximate surface area is 125 Å². The zero-order valence-corrected chi connectivity index (χ0v) is 13.1. The fourth-order valence-electron chi connectivity index (χ4n) is 1.81. The summed E-state index contributed by atoms with van der Waals surface area (Å²) >= 11 is 5.90. The van der Waals surface area contributed by atoms with E-state index in [0.717, 1.165) is 0 Å². The first kappa shape index (κ1) is 16.8. The van der Waals surface area contributed by atoms with Gasteiger partial charge in [-0.2, -0.15) is 0 Å². The van der Waals surface area contributed by atoms with E-state index >= 15 is 0 Å². The van der Waals surface area contributed by atoms with Gasteiger partial charge in [0.25, 0.3) is 5.91 Å². The quantitative estimate of drug-likeness (QED) is 0.878. The summed E-state index contributed by atoms with van der Waals surface area (Å²) in [7, 11) is 1.70. The minimum atomic E-state index is -0.988. The second kappa shape index (κ2) is 6.95. The van der Waals surface area contributed by atoms with Gasteiger partial charge in [-0.1, -0.05) is 17.7 Å². The van der Waals surface area contributed by atoms with Crippen molar-refractivity contribution < 1.29 is 14.6 Å². The highest BCUT2D eigenvalue weighted by Gasteiger charge is 2.32. The molecule has 112 valence electrons. The topological polar surface area (TPSA) is 49.8 Å². The van der Waals surface area contributed by atoms with Gasteiger partial charge >= 0.3 is 0 Å². The van der Waals surface area contributed by atoms with Crippen molar-refractivity contribution in [1.29, 1.82) is 0 Å². The highest BCUT2D eigenvalue weighted by molar-refractivity contribution is 6.30. The number of hydrogen-bond acceptors (Lipinski definition) is 3. The lowest BCUT2D eigenvalue weighted by molar-refractivity contribution is -0.144. The van der Waals surface area contributed by atoms with Gasteiger partial charge < -0.3 is 14.7 Å². The molecule has 1 rings (SSSR count). The Kier molecular flexibility index (Phi) is 5.84. The molecule has 1 aromatic rings. The molecule has 1 amide bonds. The summed E-state index contributed by atoms with van der Waals surface area (Å²) in [4.78, 5) is 13.9. The van der Waals surface area contributed by atoms with Crippen LogP contribution in [0.25, 0.3) is 0 Å². The Morgan fingerprint density at radius 3 is 2.70 bits per heavy atom. The number of carbonyl (C=O) groups is 1. The number of likely N-dealkylation sites (N-methyl/N-ethyl adjacent to an activating group) is 1. The fourth-order valence-corrected chi connectivity index (χ4v) is 1.99. The number of aliphatic hydroxyl groups is 1. The van der Waals surface area contributed by atoms with Gasteiger partial charge in [-0.25, -0.2) is 0 Å². The van der Waals surface area contributed by atoms with Crippen molar-refractivity contribution in [3.63, 3.8) is 0 Å². The third-order valence-electron chi connectivity index (χ3n) is 2.91. The van der Waals surface area contributed by atoms with Crippen molar-refractivity contribution >= 4 is 17.5 Å². The predicted octanol–water partition coefficient (Wildman–Crippen LogP) is 2.73. The average Bonchev–Trinajstić information content (AvgIpc) is 2.34. The standard InChI is InChI=1S/C15H22ClNO3/c1-11(18)8-9-17(4)14(19)15(2,3)20-13-7-5-6-12(16)10-13/h5-7,10-11,18H,8-9H2,1-4H3. The van der Waals surface area contributed by atoms with Crippen molar-refractivity contribution in [1.82, 2.24) is 4.90 Å². The molecule has 1 aromatic carbocycles. The van der Waals surface area contributed by atoms with E-state index in [0.29, 0.717) is 23.7 Å². The molecular weight excluding hydrogens is 278 g/mol. The lowest BCUT2D eigenvalue weighted by Crippen LogP contribution is -2.47. The number of halogens is 1. The van der Waals surface area contributed by atoms with Crippen LogP contribution in [0.15, 0.2) is 24.3 Å². The van der Waals surface area contributed by atoms with Crippen molar-refractivity contribution in [3.05, 3.63) is 29.3 Å². The molecule has 0 aromatic heterocycles. The van der Waals surface area contributed by atoms with E-state index < -0.39 is 11.7 Å². The van der Waals surface area contributed by atoms with E-state index in [1.807, 2.05) is 0 Å². The maximum Gasteiger partial charge on any atom is 0.265 e. The summed E-state index contributed by atoms with van der Waals surface area (Å²) in [6.45, 7) is 5.62. The highest BCUT2D eigenvalue weighted by Crippen LogP contribution is 2.23. The summed E-state index contributed by atoms with van der Waals surface area (Å²) in [5.74, 6) is 0.415. The Morgan fingerprint density at radius 2 is 2.15 bits per heavy atom. The van der Waals surface area contributed by atoms with Crippen LogP contribution in [0.2, 0.25) is 5.02 Å². The van der Waals surface area contributed by atoms with Crippen molar-refractivity contribution in [3.8, 4) is 5.75 Å². The van der Waals surface area contributed by atoms with Crippen molar-refractivity contribution in [2.75, 3.05) is 13.6 Å². The minimum absolute atomic E-state index is 0.141. The Bertz CT molecular complexity index is 460. The number of hydrogen-bond donors (Lipinski definition) is 1. The first-order chi connectivity index (χ1) is 9.22. The maximum atomic E-state index is 12.4. The molecule has 0 bridgehead atoms. The molecule has 0 saturated carbocycles. The molecule has 0 fully saturated rings. The number of amides is 1. The zero-order valence-electron chi connectivity index (χ0n) is 12.4. The van der Waals surface area contributed by atoms with E-state index in [1.165, 1.54) is 0 Å². The Hall–Kier alpha value is -1.26. The average molecular weight is 300 g/mol. The predicted molar refractivity (Wildman–Crippen MR) is 80.1 cm³/mol. The lowest BCUT2D eigenvalue weighted by atomic mass is 10.1. The highest BCUT2D eigenvalue weighted by atomic mass is 35.5. The molecule has 4 nitrogen and oxygen atoms in total. The molecule has 5 heteroatoms. The van der Waals surface area contributed by atoms with E-state index in [9.17, 15) is 9.90 Å². The van der Waals surface area contributed by atoms with E-state index in [-0.39, 0.29) is 5.91 Å². The number of ether oxygens (including phenoxy) is 1. The molecule has 0 aliphatic heterocycles. The number of aliphatic hydroxyl groups excluding tert-OH is 1. The summed E-state index contributed by atoms with van der Waals surface area (Å²) in [5.41, 5.74) is -0.988. The van der Waals surface area contributed by atoms with Crippen LogP contribution in [0.1, 0.15) is 27.2 Å². The maximum absolute atomic E-state index is 12.4.